The van der Waals surface area contributed by atoms with Crippen molar-refractivity contribution in [2.24, 2.45) is 0 Å². The van der Waals surface area contributed by atoms with Crippen LogP contribution in [-0.4, -0.2) is 69.2 Å². The molecule has 20 heavy (non-hydrogen) atoms. The van der Waals surface area contributed by atoms with E-state index in [-0.39, 0.29) is 18.1 Å². The molecule has 0 saturated carbocycles. The van der Waals surface area contributed by atoms with Gasteiger partial charge in [-0.1, -0.05) is 13.8 Å². The van der Waals surface area contributed by atoms with Crippen LogP contribution >= 0.6 is 11.8 Å². The van der Waals surface area contributed by atoms with E-state index in [1.165, 1.54) is 16.1 Å². The first-order chi connectivity index (χ1) is 9.35. The van der Waals surface area contributed by atoms with Gasteiger partial charge in [0.1, 0.15) is 5.37 Å². The second kappa shape index (κ2) is 7.98. The van der Waals surface area contributed by atoms with Crippen LogP contribution < -0.4 is 5.32 Å². The molecule has 0 aromatic rings. The molecule has 0 amide bonds. The highest BCUT2D eigenvalue weighted by Crippen LogP contribution is 2.24. The van der Waals surface area contributed by atoms with Crippen molar-refractivity contribution in [3.63, 3.8) is 0 Å². The summed E-state index contributed by atoms with van der Waals surface area (Å²) in [5.74, 6) is 0.904. The smallest absolute Gasteiger partial charge is 0.216 e. The van der Waals surface area contributed by atoms with Crippen LogP contribution in [0.5, 0.6) is 0 Å². The third kappa shape index (κ3) is 4.87. The first-order valence-corrected chi connectivity index (χ1v) is 11.3. The number of nitrogens with one attached hydrogen (secondary N) is 1. The van der Waals surface area contributed by atoms with E-state index in [2.05, 4.69) is 5.32 Å². The van der Waals surface area contributed by atoms with Crippen molar-refractivity contribution in [3.05, 3.63) is 0 Å². The molecule has 1 atom stereocenters. The average molecular weight is 345 g/mol. The minimum atomic E-state index is -3.53. The Morgan fingerprint density at radius 1 is 1.20 bits per heavy atom. The minimum absolute atomic E-state index is 0.0294. The van der Waals surface area contributed by atoms with E-state index >= 15 is 0 Å². The molecule has 0 aromatic heterocycles. The maximum absolute atomic E-state index is 12.3. The number of sulfonamides is 1. The van der Waals surface area contributed by atoms with E-state index in [0.29, 0.717) is 18.1 Å². The van der Waals surface area contributed by atoms with Crippen molar-refractivity contribution in [1.29, 1.82) is 0 Å². The molecule has 1 aliphatic heterocycles. The van der Waals surface area contributed by atoms with Gasteiger partial charge >= 0.3 is 0 Å². The number of rotatable bonds is 8. The molecule has 1 heterocycles. The zero-order valence-electron chi connectivity index (χ0n) is 12.0. The van der Waals surface area contributed by atoms with E-state index in [1.807, 2.05) is 6.92 Å². The lowest BCUT2D eigenvalue weighted by Crippen LogP contribution is -2.52. The topological polar surface area (TPSA) is 83.6 Å². The van der Waals surface area contributed by atoms with Gasteiger partial charge in [0.05, 0.1) is 5.75 Å². The second-order valence-corrected chi connectivity index (χ2v) is 10.3. The molecule has 6 nitrogen and oxygen atoms in total. The third-order valence-electron chi connectivity index (χ3n) is 3.18. The molecule has 1 fully saturated rings. The quantitative estimate of drug-likeness (QED) is 0.630. The Bertz CT molecular complexity index is 490. The zero-order valence-corrected chi connectivity index (χ0v) is 14.5. The summed E-state index contributed by atoms with van der Waals surface area (Å²) in [7, 11) is -6.91. The fraction of sp³-hybridized carbons (Fsp3) is 1.00. The summed E-state index contributed by atoms with van der Waals surface area (Å²) in [5, 5.41) is 2.14. The molecule has 9 heteroatoms. The number of hydrogen-bond acceptors (Lipinski definition) is 6. The third-order valence-corrected chi connectivity index (χ3v) is 8.47. The number of thioether (sulfide) groups is 1. The Morgan fingerprint density at radius 2 is 1.90 bits per heavy atom. The van der Waals surface area contributed by atoms with Crippen LogP contribution in [0.3, 0.4) is 0 Å². The van der Waals surface area contributed by atoms with Crippen LogP contribution in [0.25, 0.3) is 0 Å². The maximum Gasteiger partial charge on any atom is 0.216 e. The largest absolute Gasteiger partial charge is 0.316 e. The van der Waals surface area contributed by atoms with E-state index in [0.717, 1.165) is 13.0 Å². The summed E-state index contributed by atoms with van der Waals surface area (Å²) in [5.41, 5.74) is 0. The molecule has 120 valence electrons. The summed E-state index contributed by atoms with van der Waals surface area (Å²) >= 11 is 1.50. The van der Waals surface area contributed by atoms with Gasteiger partial charge < -0.3 is 5.32 Å². The predicted molar refractivity (Wildman–Crippen MR) is 84.2 cm³/mol. The zero-order chi connectivity index (χ0) is 15.2. The first kappa shape index (κ1) is 18.2. The van der Waals surface area contributed by atoms with Gasteiger partial charge in [-0.05, 0) is 13.0 Å². The van der Waals surface area contributed by atoms with E-state index in [4.69, 9.17) is 0 Å². The van der Waals surface area contributed by atoms with Crippen LogP contribution in [-0.2, 0) is 19.9 Å². The molecular weight excluding hydrogens is 320 g/mol. The van der Waals surface area contributed by atoms with Crippen LogP contribution in [0.2, 0.25) is 0 Å². The first-order valence-electron chi connectivity index (χ1n) is 6.84. The van der Waals surface area contributed by atoms with E-state index < -0.39 is 25.2 Å². The molecular formula is C11H24N2O4S3. The van der Waals surface area contributed by atoms with Crippen molar-refractivity contribution >= 4 is 31.6 Å². The standard InChI is InChI=1S/C11H24N2O4S3/c1-3-5-12-6-9-20(16,17)13-7-8-18-10-11(13)19(14,15)4-2/h11-12H,3-10H2,1-2H3. The number of nitrogens with zero attached hydrogens (tertiary/aromatic N) is 1. The number of hydrogen-bond donors (Lipinski definition) is 1. The predicted octanol–water partition coefficient (Wildman–Crippen LogP) is 0.125. The summed E-state index contributed by atoms with van der Waals surface area (Å²) in [6.07, 6.45) is 0.938. The molecule has 0 spiro atoms. The summed E-state index contributed by atoms with van der Waals surface area (Å²) in [4.78, 5) is 0. The van der Waals surface area contributed by atoms with Gasteiger partial charge in [-0.3, -0.25) is 0 Å². The van der Waals surface area contributed by atoms with Crippen molar-refractivity contribution in [3.8, 4) is 0 Å². The molecule has 1 rings (SSSR count). The Labute approximate surface area is 126 Å². The van der Waals surface area contributed by atoms with Crippen LogP contribution in [0.1, 0.15) is 20.3 Å². The van der Waals surface area contributed by atoms with Crippen LogP contribution in [0, 0.1) is 0 Å². The van der Waals surface area contributed by atoms with Gasteiger partial charge in [0, 0.05) is 30.3 Å². The van der Waals surface area contributed by atoms with Crippen molar-refractivity contribution in [1.82, 2.24) is 9.62 Å². The van der Waals surface area contributed by atoms with Crippen molar-refractivity contribution < 1.29 is 16.8 Å². The highest BCUT2D eigenvalue weighted by atomic mass is 32.2. The molecule has 1 aliphatic rings. The Balaban J connectivity index is 2.79. The van der Waals surface area contributed by atoms with Gasteiger partial charge in [-0.2, -0.15) is 16.1 Å². The Kier molecular flexibility index (Phi) is 7.27. The van der Waals surface area contributed by atoms with Gasteiger partial charge in [0.25, 0.3) is 0 Å². The highest BCUT2D eigenvalue weighted by Gasteiger charge is 2.39. The second-order valence-electron chi connectivity index (χ2n) is 4.66. The molecule has 1 unspecified atom stereocenters. The fourth-order valence-electron chi connectivity index (χ4n) is 1.98. The van der Waals surface area contributed by atoms with Gasteiger partial charge in [0.15, 0.2) is 9.84 Å². The van der Waals surface area contributed by atoms with Crippen molar-refractivity contribution in [2.45, 2.75) is 25.6 Å². The van der Waals surface area contributed by atoms with Crippen LogP contribution in [0.15, 0.2) is 0 Å². The molecule has 1 N–H and O–H groups in total. The maximum atomic E-state index is 12.3. The van der Waals surface area contributed by atoms with E-state index in [9.17, 15) is 16.8 Å². The summed E-state index contributed by atoms with van der Waals surface area (Å²) in [6, 6.07) is 0. The monoisotopic (exact) mass is 344 g/mol. The van der Waals surface area contributed by atoms with E-state index in [1.54, 1.807) is 6.92 Å². The Hall–Kier alpha value is 0.170. The van der Waals surface area contributed by atoms with Gasteiger partial charge in [-0.15, -0.1) is 0 Å². The highest BCUT2D eigenvalue weighted by molar-refractivity contribution is 8.01. The average Bonchev–Trinajstić information content (AvgIpc) is 2.43. The summed E-state index contributed by atoms with van der Waals surface area (Å²) < 4.78 is 50.0. The molecule has 1 saturated heterocycles. The molecule has 0 bridgehead atoms. The Morgan fingerprint density at radius 3 is 2.50 bits per heavy atom. The molecule has 0 aliphatic carbocycles. The molecule has 0 aromatic carbocycles. The normalized spacial score (nSPS) is 22.0. The van der Waals surface area contributed by atoms with Gasteiger partial charge in [-0.25, -0.2) is 16.8 Å². The number of sulfone groups is 1. The molecule has 0 radical (unpaired) electrons. The lowest BCUT2D eigenvalue weighted by Gasteiger charge is -2.33. The fourth-order valence-corrected chi connectivity index (χ4v) is 7.26. The van der Waals surface area contributed by atoms with Gasteiger partial charge in [0.2, 0.25) is 10.0 Å². The minimum Gasteiger partial charge on any atom is -0.316 e. The van der Waals surface area contributed by atoms with Crippen molar-refractivity contribution in [2.75, 3.05) is 42.6 Å². The lowest BCUT2D eigenvalue weighted by atomic mass is 10.5. The SMILES string of the molecule is CCCNCCS(=O)(=O)N1CCSCC1S(=O)(=O)CC. The summed E-state index contributed by atoms with van der Waals surface area (Å²) in [6.45, 7) is 4.97. The lowest BCUT2D eigenvalue weighted by molar-refractivity contribution is 0.403. The van der Waals surface area contributed by atoms with Crippen LogP contribution in [0.4, 0.5) is 0 Å².